The number of hydrogen-bond donors (Lipinski definition) is 1. The maximum Gasteiger partial charge on any atom is 0.303 e. The van der Waals surface area contributed by atoms with Gasteiger partial charge in [0.25, 0.3) is 0 Å². The number of allylic oxidation sites excluding steroid dienone is 1. The highest BCUT2D eigenvalue weighted by atomic mass is 16.6. The second kappa shape index (κ2) is 6.17. The quantitative estimate of drug-likeness (QED) is 0.581. The predicted molar refractivity (Wildman–Crippen MR) is 103 cm³/mol. The Hall–Kier alpha value is -1.16. The Morgan fingerprint density at radius 2 is 1.74 bits per heavy atom. The fourth-order valence-corrected chi connectivity index (χ4v) is 7.77. The summed E-state index contributed by atoms with van der Waals surface area (Å²) in [7, 11) is 0. The van der Waals surface area contributed by atoms with Gasteiger partial charge in [-0.05, 0) is 81.5 Å². The highest BCUT2D eigenvalue weighted by Gasteiger charge is 2.67. The molecule has 0 aromatic heterocycles. The van der Waals surface area contributed by atoms with E-state index in [-0.39, 0.29) is 28.7 Å². The monoisotopic (exact) mass is 374 g/mol. The molecule has 0 spiro atoms. The molecule has 0 aliphatic heterocycles. The second-order valence-corrected chi connectivity index (χ2v) is 10.1. The molecule has 3 saturated carbocycles. The number of esters is 1. The first-order valence-electron chi connectivity index (χ1n) is 10.7. The Labute approximate surface area is 162 Å². The number of hydrogen-bond acceptors (Lipinski definition) is 4. The SMILES string of the molecule is CC(=O)O[C@@]1(C(C)=O)CC[C@H]2[C@@H]3CCC4=C[C@H](O)CC[C@]4(C)[C@H]3CC[C@@]21C. The molecule has 0 amide bonds. The van der Waals surface area contributed by atoms with Gasteiger partial charge in [0, 0.05) is 12.3 Å². The van der Waals surface area contributed by atoms with Crippen LogP contribution in [0.15, 0.2) is 11.6 Å². The first-order valence-corrected chi connectivity index (χ1v) is 10.7. The third-order valence-electron chi connectivity index (χ3n) is 9.10. The third-order valence-corrected chi connectivity index (χ3v) is 9.10. The smallest absolute Gasteiger partial charge is 0.303 e. The van der Waals surface area contributed by atoms with Gasteiger partial charge in [0.05, 0.1) is 6.10 Å². The van der Waals surface area contributed by atoms with Crippen molar-refractivity contribution in [1.82, 2.24) is 0 Å². The number of aliphatic hydroxyl groups excluding tert-OH is 1. The number of Topliss-reactive ketones (excluding diaryl/α,β-unsaturated/α-hetero) is 1. The first kappa shape index (κ1) is 19.2. The van der Waals surface area contributed by atoms with E-state index in [1.165, 1.54) is 12.5 Å². The number of rotatable bonds is 2. The van der Waals surface area contributed by atoms with Gasteiger partial charge >= 0.3 is 5.97 Å². The van der Waals surface area contributed by atoms with Gasteiger partial charge < -0.3 is 9.84 Å². The molecule has 27 heavy (non-hydrogen) atoms. The van der Waals surface area contributed by atoms with Crippen molar-refractivity contribution in [1.29, 1.82) is 0 Å². The minimum atomic E-state index is -0.936. The highest BCUT2D eigenvalue weighted by Crippen LogP contribution is 2.68. The summed E-state index contributed by atoms with van der Waals surface area (Å²) in [5.74, 6) is 1.31. The lowest BCUT2D eigenvalue weighted by atomic mass is 9.46. The summed E-state index contributed by atoms with van der Waals surface area (Å²) in [6.45, 7) is 7.65. The van der Waals surface area contributed by atoms with Crippen LogP contribution in [0.4, 0.5) is 0 Å². The van der Waals surface area contributed by atoms with Gasteiger partial charge in [-0.3, -0.25) is 9.59 Å². The molecule has 0 aromatic carbocycles. The van der Waals surface area contributed by atoms with Crippen LogP contribution in [0.5, 0.6) is 0 Å². The molecule has 4 rings (SSSR count). The van der Waals surface area contributed by atoms with Gasteiger partial charge in [-0.1, -0.05) is 25.5 Å². The fourth-order valence-electron chi connectivity index (χ4n) is 7.77. The summed E-state index contributed by atoms with van der Waals surface area (Å²) < 4.78 is 5.83. The zero-order valence-corrected chi connectivity index (χ0v) is 17.2. The fraction of sp³-hybridized carbons (Fsp3) is 0.826. The predicted octanol–water partition coefficient (Wildman–Crippen LogP) is 4.20. The van der Waals surface area contributed by atoms with Crippen molar-refractivity contribution in [3.8, 4) is 0 Å². The maximum atomic E-state index is 12.7. The Morgan fingerprint density at radius 3 is 2.41 bits per heavy atom. The van der Waals surface area contributed by atoms with Gasteiger partial charge in [-0.25, -0.2) is 0 Å². The van der Waals surface area contributed by atoms with Crippen LogP contribution in [-0.4, -0.2) is 28.6 Å². The van der Waals surface area contributed by atoms with Gasteiger partial charge in [0.15, 0.2) is 11.4 Å². The summed E-state index contributed by atoms with van der Waals surface area (Å²) in [6, 6.07) is 0. The molecule has 0 bridgehead atoms. The van der Waals surface area contributed by atoms with Crippen LogP contribution in [-0.2, 0) is 14.3 Å². The number of fused-ring (bicyclic) bond motifs is 5. The van der Waals surface area contributed by atoms with Crippen LogP contribution in [0.1, 0.15) is 79.1 Å². The Kier molecular flexibility index (Phi) is 4.38. The third kappa shape index (κ3) is 2.51. The molecule has 0 radical (unpaired) electrons. The number of carbonyl (C=O) groups excluding carboxylic acids is 2. The normalized spacial score (nSPS) is 48.7. The van der Waals surface area contributed by atoms with E-state index in [0.717, 1.165) is 44.9 Å². The molecule has 1 N–H and O–H groups in total. The van der Waals surface area contributed by atoms with Crippen LogP contribution in [0, 0.1) is 28.6 Å². The van der Waals surface area contributed by atoms with Crippen LogP contribution >= 0.6 is 0 Å². The molecule has 4 aliphatic carbocycles. The summed E-state index contributed by atoms with van der Waals surface area (Å²) in [4.78, 5) is 24.6. The van der Waals surface area contributed by atoms with E-state index >= 15 is 0 Å². The van der Waals surface area contributed by atoms with Crippen LogP contribution in [0.25, 0.3) is 0 Å². The van der Waals surface area contributed by atoms with Gasteiger partial charge in [-0.2, -0.15) is 0 Å². The highest BCUT2D eigenvalue weighted by molar-refractivity contribution is 5.89. The van der Waals surface area contributed by atoms with Crippen molar-refractivity contribution in [2.75, 3.05) is 0 Å². The van der Waals surface area contributed by atoms with Crippen molar-refractivity contribution in [2.24, 2.45) is 28.6 Å². The summed E-state index contributed by atoms with van der Waals surface area (Å²) in [6.07, 6.45) is 9.62. The average Bonchev–Trinajstić information content (AvgIpc) is 2.89. The number of ketones is 1. The van der Waals surface area contributed by atoms with Gasteiger partial charge in [0.2, 0.25) is 0 Å². The van der Waals surface area contributed by atoms with Gasteiger partial charge in [0.1, 0.15) is 0 Å². The number of aliphatic hydroxyl groups is 1. The molecule has 150 valence electrons. The lowest BCUT2D eigenvalue weighted by Crippen LogP contribution is -2.58. The van der Waals surface area contributed by atoms with Crippen molar-refractivity contribution in [3.05, 3.63) is 11.6 Å². The van der Waals surface area contributed by atoms with E-state index in [0.29, 0.717) is 24.2 Å². The zero-order chi connectivity index (χ0) is 19.6. The van der Waals surface area contributed by atoms with E-state index in [4.69, 9.17) is 4.74 Å². The summed E-state index contributed by atoms with van der Waals surface area (Å²) in [5.41, 5.74) is 0.458. The molecule has 4 nitrogen and oxygen atoms in total. The first-order chi connectivity index (χ1) is 12.6. The molecule has 4 aliphatic rings. The molecular formula is C23H34O4. The number of carbonyl (C=O) groups is 2. The standard InChI is InChI=1S/C23H34O4/c1-14(24)23(27-15(2)25)12-9-20-18-6-5-16-13-17(26)7-10-21(16,3)19(18)8-11-22(20,23)4/h13,17-20,26H,5-12H2,1-4H3/t17-,18-,19+,20+,21+,22+,23-/m1/s1. The minimum Gasteiger partial charge on any atom is -0.451 e. The molecule has 0 aromatic rings. The van der Waals surface area contributed by atoms with Crippen LogP contribution < -0.4 is 0 Å². The molecule has 0 heterocycles. The molecule has 7 atom stereocenters. The minimum absolute atomic E-state index is 0.0181. The Bertz CT molecular complexity index is 696. The van der Waals surface area contributed by atoms with E-state index in [1.54, 1.807) is 6.92 Å². The number of ether oxygens (including phenoxy) is 1. The Balaban J connectivity index is 1.69. The summed E-state index contributed by atoms with van der Waals surface area (Å²) in [5, 5.41) is 10.1. The van der Waals surface area contributed by atoms with Crippen LogP contribution in [0.2, 0.25) is 0 Å². The maximum absolute atomic E-state index is 12.7. The summed E-state index contributed by atoms with van der Waals surface area (Å²) >= 11 is 0. The van der Waals surface area contributed by atoms with Crippen molar-refractivity contribution in [2.45, 2.75) is 90.8 Å². The van der Waals surface area contributed by atoms with Crippen molar-refractivity contribution in [3.63, 3.8) is 0 Å². The lowest BCUT2D eigenvalue weighted by molar-refractivity contribution is -0.187. The van der Waals surface area contributed by atoms with Gasteiger partial charge in [-0.15, -0.1) is 0 Å². The second-order valence-electron chi connectivity index (χ2n) is 10.1. The largest absolute Gasteiger partial charge is 0.451 e. The van der Waals surface area contributed by atoms with Crippen molar-refractivity contribution < 1.29 is 19.4 Å². The van der Waals surface area contributed by atoms with E-state index in [1.807, 2.05) is 0 Å². The Morgan fingerprint density at radius 1 is 1.04 bits per heavy atom. The average molecular weight is 375 g/mol. The van der Waals surface area contributed by atoms with E-state index in [2.05, 4.69) is 19.9 Å². The van der Waals surface area contributed by atoms with Crippen molar-refractivity contribution >= 4 is 11.8 Å². The van der Waals surface area contributed by atoms with E-state index < -0.39 is 5.60 Å². The molecule has 3 fully saturated rings. The zero-order valence-electron chi connectivity index (χ0n) is 17.2. The molecule has 0 saturated heterocycles. The molecule has 0 unspecified atom stereocenters. The molecule has 4 heteroatoms. The van der Waals surface area contributed by atoms with E-state index in [9.17, 15) is 14.7 Å². The van der Waals surface area contributed by atoms with Crippen LogP contribution in [0.3, 0.4) is 0 Å². The lowest BCUT2D eigenvalue weighted by Gasteiger charge is -2.59. The molecular weight excluding hydrogens is 340 g/mol. The topological polar surface area (TPSA) is 63.6 Å².